The predicted octanol–water partition coefficient (Wildman–Crippen LogP) is 1.08. The van der Waals surface area contributed by atoms with Crippen LogP contribution in [0.4, 0.5) is 0 Å². The minimum atomic E-state index is -0.753. The van der Waals surface area contributed by atoms with Crippen molar-refractivity contribution in [3.63, 3.8) is 0 Å². The summed E-state index contributed by atoms with van der Waals surface area (Å²) in [5.74, 6) is -0.131. The first-order valence-electron chi connectivity index (χ1n) is 7.05. The summed E-state index contributed by atoms with van der Waals surface area (Å²) in [7, 11) is 0. The maximum Gasteiger partial charge on any atom is 0.303 e. The van der Waals surface area contributed by atoms with Crippen LogP contribution in [-0.4, -0.2) is 39.2 Å². The SMILES string of the molecule is O=C(O)CCCc1cn(CC2CCCCNC2)nn1. The van der Waals surface area contributed by atoms with E-state index in [9.17, 15) is 4.79 Å². The van der Waals surface area contributed by atoms with E-state index in [0.29, 0.717) is 18.8 Å². The molecule has 1 aromatic rings. The molecular formula is C13H22N4O2. The molecule has 2 N–H and O–H groups in total. The summed E-state index contributed by atoms with van der Waals surface area (Å²) in [5, 5.41) is 20.3. The summed E-state index contributed by atoms with van der Waals surface area (Å²) in [6.07, 6.45) is 7.23. The zero-order valence-electron chi connectivity index (χ0n) is 11.2. The molecule has 6 heteroatoms. The lowest BCUT2D eigenvalue weighted by Crippen LogP contribution is -2.24. The van der Waals surface area contributed by atoms with Crippen LogP contribution in [0.3, 0.4) is 0 Å². The Bertz CT molecular complexity index is 397. The monoisotopic (exact) mass is 266 g/mol. The summed E-state index contributed by atoms with van der Waals surface area (Å²) in [4.78, 5) is 10.4. The van der Waals surface area contributed by atoms with Gasteiger partial charge in [-0.3, -0.25) is 9.48 Å². The zero-order chi connectivity index (χ0) is 13.5. The highest BCUT2D eigenvalue weighted by Crippen LogP contribution is 2.13. The summed E-state index contributed by atoms with van der Waals surface area (Å²) >= 11 is 0. The number of nitrogens with one attached hydrogen (secondary N) is 1. The van der Waals surface area contributed by atoms with Crippen LogP contribution in [0.15, 0.2) is 6.20 Å². The Morgan fingerprint density at radius 1 is 1.53 bits per heavy atom. The minimum absolute atomic E-state index is 0.194. The highest BCUT2D eigenvalue weighted by atomic mass is 16.4. The van der Waals surface area contributed by atoms with Crippen molar-refractivity contribution >= 4 is 5.97 Å². The van der Waals surface area contributed by atoms with Crippen molar-refractivity contribution in [2.24, 2.45) is 5.92 Å². The molecule has 0 aliphatic carbocycles. The van der Waals surface area contributed by atoms with Crippen LogP contribution in [0.5, 0.6) is 0 Å². The zero-order valence-corrected chi connectivity index (χ0v) is 11.2. The van der Waals surface area contributed by atoms with Gasteiger partial charge in [-0.2, -0.15) is 0 Å². The normalized spacial score (nSPS) is 20.1. The number of nitrogens with zero attached hydrogens (tertiary/aromatic N) is 3. The Balaban J connectivity index is 1.77. The average molecular weight is 266 g/mol. The smallest absolute Gasteiger partial charge is 0.303 e. The third kappa shape index (κ3) is 4.98. The molecule has 0 spiro atoms. The van der Waals surface area contributed by atoms with Crippen molar-refractivity contribution in [2.75, 3.05) is 13.1 Å². The van der Waals surface area contributed by atoms with E-state index in [1.54, 1.807) is 0 Å². The van der Waals surface area contributed by atoms with Crippen LogP contribution in [0.1, 0.15) is 37.8 Å². The van der Waals surface area contributed by atoms with Crippen LogP contribution >= 0.6 is 0 Å². The third-order valence-electron chi connectivity index (χ3n) is 3.50. The van der Waals surface area contributed by atoms with E-state index in [-0.39, 0.29) is 6.42 Å². The van der Waals surface area contributed by atoms with Gasteiger partial charge in [0.1, 0.15) is 0 Å². The van der Waals surface area contributed by atoms with Crippen LogP contribution in [0, 0.1) is 5.92 Å². The van der Waals surface area contributed by atoms with E-state index >= 15 is 0 Å². The maximum atomic E-state index is 10.4. The van der Waals surface area contributed by atoms with Gasteiger partial charge in [-0.05, 0) is 44.7 Å². The van der Waals surface area contributed by atoms with Crippen molar-refractivity contribution in [3.05, 3.63) is 11.9 Å². The first-order chi connectivity index (χ1) is 9.24. The molecule has 0 aromatic carbocycles. The van der Waals surface area contributed by atoms with Gasteiger partial charge in [-0.1, -0.05) is 11.6 Å². The molecule has 1 aliphatic rings. The quantitative estimate of drug-likeness (QED) is 0.805. The number of aromatic nitrogens is 3. The highest BCUT2D eigenvalue weighted by Gasteiger charge is 2.13. The predicted molar refractivity (Wildman–Crippen MR) is 70.8 cm³/mol. The van der Waals surface area contributed by atoms with Gasteiger partial charge in [-0.25, -0.2) is 0 Å². The molecule has 0 amide bonds. The van der Waals surface area contributed by atoms with Gasteiger partial charge in [0, 0.05) is 19.2 Å². The van der Waals surface area contributed by atoms with Gasteiger partial charge in [0.25, 0.3) is 0 Å². The lowest BCUT2D eigenvalue weighted by atomic mass is 10.0. The first-order valence-corrected chi connectivity index (χ1v) is 7.05. The van der Waals surface area contributed by atoms with Crippen molar-refractivity contribution in [3.8, 4) is 0 Å². The Labute approximate surface area is 113 Å². The van der Waals surface area contributed by atoms with Gasteiger partial charge in [0.2, 0.25) is 0 Å². The molecule has 2 heterocycles. The minimum Gasteiger partial charge on any atom is -0.481 e. The van der Waals surface area contributed by atoms with Crippen molar-refractivity contribution < 1.29 is 9.90 Å². The second-order valence-electron chi connectivity index (χ2n) is 5.25. The number of carboxylic acids is 1. The van der Waals surface area contributed by atoms with Crippen molar-refractivity contribution in [1.29, 1.82) is 0 Å². The fraction of sp³-hybridized carbons (Fsp3) is 0.769. The molecule has 1 fully saturated rings. The number of carbonyl (C=O) groups is 1. The van der Waals surface area contributed by atoms with E-state index in [1.807, 2.05) is 10.9 Å². The molecule has 0 saturated carbocycles. The second kappa shape index (κ2) is 7.23. The fourth-order valence-corrected chi connectivity index (χ4v) is 2.47. The molecule has 6 nitrogen and oxygen atoms in total. The molecule has 19 heavy (non-hydrogen) atoms. The van der Waals surface area contributed by atoms with Crippen molar-refractivity contribution in [1.82, 2.24) is 20.3 Å². The van der Waals surface area contributed by atoms with Crippen LogP contribution in [-0.2, 0) is 17.8 Å². The van der Waals surface area contributed by atoms with Crippen LogP contribution in [0.25, 0.3) is 0 Å². The van der Waals surface area contributed by atoms with Gasteiger partial charge in [-0.15, -0.1) is 5.10 Å². The Morgan fingerprint density at radius 3 is 3.26 bits per heavy atom. The van der Waals surface area contributed by atoms with Gasteiger partial charge >= 0.3 is 5.97 Å². The molecule has 1 aliphatic heterocycles. The summed E-state index contributed by atoms with van der Waals surface area (Å²) in [6.45, 7) is 3.07. The molecule has 1 aromatic heterocycles. The van der Waals surface area contributed by atoms with E-state index in [1.165, 1.54) is 19.3 Å². The fourth-order valence-electron chi connectivity index (χ4n) is 2.47. The van der Waals surface area contributed by atoms with Gasteiger partial charge in [0.05, 0.1) is 5.69 Å². The molecule has 1 unspecified atom stereocenters. The molecule has 1 atom stereocenters. The van der Waals surface area contributed by atoms with E-state index in [0.717, 1.165) is 25.3 Å². The number of aliphatic carboxylic acids is 1. The molecule has 1 saturated heterocycles. The third-order valence-corrected chi connectivity index (χ3v) is 3.50. The Kier molecular flexibility index (Phi) is 5.32. The first kappa shape index (κ1) is 14.0. The summed E-state index contributed by atoms with van der Waals surface area (Å²) in [5.41, 5.74) is 0.892. The van der Waals surface area contributed by atoms with Gasteiger partial charge < -0.3 is 10.4 Å². The molecule has 2 rings (SSSR count). The standard InChI is InChI=1S/C13H22N4O2/c18-13(19)6-3-5-12-10-17(16-15-12)9-11-4-1-2-7-14-8-11/h10-11,14H,1-9H2,(H,18,19). The summed E-state index contributed by atoms with van der Waals surface area (Å²) in [6, 6.07) is 0. The van der Waals surface area contributed by atoms with Crippen molar-refractivity contribution in [2.45, 2.75) is 45.1 Å². The number of rotatable bonds is 6. The Morgan fingerprint density at radius 2 is 2.42 bits per heavy atom. The maximum absolute atomic E-state index is 10.4. The molecule has 106 valence electrons. The molecule has 0 radical (unpaired) electrons. The largest absolute Gasteiger partial charge is 0.481 e. The number of aryl methyl sites for hydroxylation is 1. The number of hydrogen-bond donors (Lipinski definition) is 2. The molecule has 0 bridgehead atoms. The van der Waals surface area contributed by atoms with E-state index < -0.39 is 5.97 Å². The van der Waals surface area contributed by atoms with E-state index in [4.69, 9.17) is 5.11 Å². The van der Waals surface area contributed by atoms with Gasteiger partial charge in [0.15, 0.2) is 0 Å². The molecular weight excluding hydrogens is 244 g/mol. The summed E-state index contributed by atoms with van der Waals surface area (Å²) < 4.78 is 1.90. The average Bonchev–Trinajstić information content (AvgIpc) is 2.65. The lowest BCUT2D eigenvalue weighted by Gasteiger charge is -2.13. The second-order valence-corrected chi connectivity index (χ2v) is 5.25. The lowest BCUT2D eigenvalue weighted by molar-refractivity contribution is -0.137. The van der Waals surface area contributed by atoms with Crippen LogP contribution < -0.4 is 5.32 Å². The highest BCUT2D eigenvalue weighted by molar-refractivity contribution is 5.66. The Hall–Kier alpha value is -1.43. The van der Waals surface area contributed by atoms with E-state index in [2.05, 4.69) is 15.6 Å². The number of hydrogen-bond acceptors (Lipinski definition) is 4. The number of carboxylic acid groups (broad SMARTS) is 1. The topological polar surface area (TPSA) is 80.0 Å². The van der Waals surface area contributed by atoms with Crippen LogP contribution in [0.2, 0.25) is 0 Å².